The van der Waals surface area contributed by atoms with E-state index in [-0.39, 0.29) is 18.5 Å². The average molecular weight is 200 g/mol. The van der Waals surface area contributed by atoms with E-state index in [1.54, 1.807) is 0 Å². The van der Waals surface area contributed by atoms with Gasteiger partial charge < -0.3 is 14.6 Å². The lowest BCUT2D eigenvalue weighted by molar-refractivity contribution is -0.304. The molecular formula is C11H20O3. The minimum absolute atomic E-state index is 0.00263. The Morgan fingerprint density at radius 2 is 2.21 bits per heavy atom. The third-order valence-corrected chi connectivity index (χ3v) is 3.32. The van der Waals surface area contributed by atoms with E-state index >= 15 is 0 Å². The molecule has 3 nitrogen and oxygen atoms in total. The summed E-state index contributed by atoms with van der Waals surface area (Å²) in [5.41, 5.74) is 0. The van der Waals surface area contributed by atoms with E-state index in [9.17, 15) is 0 Å². The van der Waals surface area contributed by atoms with Crippen molar-refractivity contribution >= 4 is 0 Å². The van der Waals surface area contributed by atoms with Crippen LogP contribution in [-0.2, 0) is 9.47 Å². The molecule has 82 valence electrons. The molecule has 0 radical (unpaired) electrons. The van der Waals surface area contributed by atoms with Gasteiger partial charge in [0.1, 0.15) is 0 Å². The van der Waals surface area contributed by atoms with Gasteiger partial charge in [0.05, 0.1) is 19.3 Å². The summed E-state index contributed by atoms with van der Waals surface area (Å²) in [5, 5.41) is 9.08. The Morgan fingerprint density at radius 3 is 2.86 bits per heavy atom. The van der Waals surface area contributed by atoms with E-state index in [0.29, 0.717) is 5.92 Å². The van der Waals surface area contributed by atoms with Crippen molar-refractivity contribution in [2.45, 2.75) is 50.9 Å². The second kappa shape index (κ2) is 4.17. The van der Waals surface area contributed by atoms with Crippen LogP contribution in [0.5, 0.6) is 0 Å². The van der Waals surface area contributed by atoms with Crippen LogP contribution < -0.4 is 0 Å². The van der Waals surface area contributed by atoms with Gasteiger partial charge in [0.2, 0.25) is 0 Å². The summed E-state index contributed by atoms with van der Waals surface area (Å²) in [5.74, 6) is 0.303. The summed E-state index contributed by atoms with van der Waals surface area (Å²) < 4.78 is 11.7. The first-order valence-electron chi connectivity index (χ1n) is 5.67. The van der Waals surface area contributed by atoms with Gasteiger partial charge >= 0.3 is 0 Å². The quantitative estimate of drug-likeness (QED) is 0.700. The smallest absolute Gasteiger partial charge is 0.168 e. The van der Waals surface area contributed by atoms with Gasteiger partial charge in [0, 0.05) is 12.8 Å². The van der Waals surface area contributed by atoms with Gasteiger partial charge in [-0.15, -0.1) is 0 Å². The number of hydrogen-bond acceptors (Lipinski definition) is 3. The molecule has 2 fully saturated rings. The number of rotatable bonds is 1. The van der Waals surface area contributed by atoms with Gasteiger partial charge in [-0.2, -0.15) is 0 Å². The summed E-state index contributed by atoms with van der Waals surface area (Å²) >= 11 is 0. The highest BCUT2D eigenvalue weighted by Crippen LogP contribution is 2.38. The Labute approximate surface area is 85.4 Å². The van der Waals surface area contributed by atoms with Crippen molar-refractivity contribution in [2.75, 3.05) is 13.2 Å². The lowest BCUT2D eigenvalue weighted by atomic mass is 9.91. The van der Waals surface area contributed by atoms with Crippen LogP contribution in [0.3, 0.4) is 0 Å². The fourth-order valence-corrected chi connectivity index (χ4v) is 2.36. The molecule has 0 aromatic carbocycles. The lowest BCUT2D eigenvalue weighted by Gasteiger charge is -2.44. The Bertz CT molecular complexity index is 185. The molecule has 2 saturated heterocycles. The zero-order valence-electron chi connectivity index (χ0n) is 8.87. The van der Waals surface area contributed by atoms with Crippen LogP contribution in [0.15, 0.2) is 0 Å². The summed E-state index contributed by atoms with van der Waals surface area (Å²) in [6, 6.07) is 0. The van der Waals surface area contributed by atoms with Crippen molar-refractivity contribution in [3.05, 3.63) is 0 Å². The Hall–Kier alpha value is -0.120. The molecule has 14 heavy (non-hydrogen) atoms. The topological polar surface area (TPSA) is 38.7 Å². The first kappa shape index (κ1) is 10.4. The molecule has 2 aliphatic rings. The van der Waals surface area contributed by atoms with Gasteiger partial charge in [-0.05, 0) is 25.2 Å². The van der Waals surface area contributed by atoms with Gasteiger partial charge in [-0.3, -0.25) is 0 Å². The molecule has 1 spiro atoms. The number of aliphatic hydroxyl groups is 1. The fourth-order valence-electron chi connectivity index (χ4n) is 2.36. The Kier molecular flexibility index (Phi) is 3.10. The maximum absolute atomic E-state index is 9.08. The van der Waals surface area contributed by atoms with Crippen molar-refractivity contribution in [2.24, 2.45) is 5.92 Å². The second-order valence-electron chi connectivity index (χ2n) is 4.68. The first-order valence-corrected chi connectivity index (χ1v) is 5.67. The average Bonchev–Trinajstić information content (AvgIpc) is 2.23. The maximum atomic E-state index is 9.08. The van der Waals surface area contributed by atoms with Crippen LogP contribution >= 0.6 is 0 Å². The first-order chi connectivity index (χ1) is 6.74. The zero-order chi connectivity index (χ0) is 10.0. The van der Waals surface area contributed by atoms with Gasteiger partial charge in [0.15, 0.2) is 5.79 Å². The number of aliphatic hydroxyl groups excluding tert-OH is 1. The minimum atomic E-state index is -0.349. The van der Waals surface area contributed by atoms with Gasteiger partial charge in [-0.25, -0.2) is 0 Å². The van der Waals surface area contributed by atoms with Crippen LogP contribution in [0.4, 0.5) is 0 Å². The van der Waals surface area contributed by atoms with Crippen LogP contribution in [0.25, 0.3) is 0 Å². The van der Waals surface area contributed by atoms with E-state index in [4.69, 9.17) is 14.6 Å². The van der Waals surface area contributed by atoms with Gasteiger partial charge in [0.25, 0.3) is 0 Å². The largest absolute Gasteiger partial charge is 0.394 e. The Morgan fingerprint density at radius 1 is 1.36 bits per heavy atom. The molecule has 2 rings (SSSR count). The number of ether oxygens (including phenoxy) is 2. The van der Waals surface area contributed by atoms with E-state index in [1.807, 2.05) is 0 Å². The normalized spacial score (nSPS) is 44.1. The molecular weight excluding hydrogens is 180 g/mol. The number of hydrogen-bond donors (Lipinski definition) is 1. The third-order valence-electron chi connectivity index (χ3n) is 3.32. The third kappa shape index (κ3) is 2.10. The van der Waals surface area contributed by atoms with Crippen molar-refractivity contribution in [3.8, 4) is 0 Å². The highest BCUT2D eigenvalue weighted by molar-refractivity contribution is 4.82. The molecule has 1 N–H and O–H groups in total. The molecule has 0 unspecified atom stereocenters. The molecule has 0 aromatic heterocycles. The van der Waals surface area contributed by atoms with Crippen molar-refractivity contribution in [3.63, 3.8) is 0 Å². The molecule has 2 heterocycles. The van der Waals surface area contributed by atoms with Crippen molar-refractivity contribution in [1.29, 1.82) is 0 Å². The summed E-state index contributed by atoms with van der Waals surface area (Å²) in [4.78, 5) is 0. The summed E-state index contributed by atoms with van der Waals surface area (Å²) in [6.07, 6.45) is 5.24. The highest BCUT2D eigenvalue weighted by Gasteiger charge is 2.40. The minimum Gasteiger partial charge on any atom is -0.394 e. The highest BCUT2D eigenvalue weighted by atomic mass is 16.7. The predicted molar refractivity (Wildman–Crippen MR) is 52.9 cm³/mol. The second-order valence-corrected chi connectivity index (χ2v) is 4.68. The van der Waals surface area contributed by atoms with E-state index in [2.05, 4.69) is 6.92 Å². The standard InChI is InChI=1S/C11H20O3/c1-9-4-6-11(13-8-9)5-2-3-10(7-12)14-11/h9-10,12H,2-8H2,1H3/t9-,10-,11+/m0/s1. The SMILES string of the molecule is C[C@H]1CC[C@]2(CCC[C@@H](CO)O2)OC1. The molecule has 0 amide bonds. The summed E-state index contributed by atoms with van der Waals surface area (Å²) in [6.45, 7) is 3.14. The lowest BCUT2D eigenvalue weighted by Crippen LogP contribution is -2.47. The monoisotopic (exact) mass is 200 g/mol. The van der Waals surface area contributed by atoms with Crippen LogP contribution in [0.2, 0.25) is 0 Å². The van der Waals surface area contributed by atoms with Crippen molar-refractivity contribution in [1.82, 2.24) is 0 Å². The molecule has 0 aliphatic carbocycles. The van der Waals surface area contributed by atoms with Crippen LogP contribution in [-0.4, -0.2) is 30.2 Å². The van der Waals surface area contributed by atoms with Crippen LogP contribution in [0, 0.1) is 5.92 Å². The molecule has 3 atom stereocenters. The fraction of sp³-hybridized carbons (Fsp3) is 1.00. The van der Waals surface area contributed by atoms with Crippen LogP contribution in [0.1, 0.15) is 39.0 Å². The molecule has 0 saturated carbocycles. The zero-order valence-corrected chi connectivity index (χ0v) is 8.87. The van der Waals surface area contributed by atoms with E-state index in [0.717, 1.165) is 32.3 Å². The Balaban J connectivity index is 1.94. The summed E-state index contributed by atoms with van der Waals surface area (Å²) in [7, 11) is 0. The predicted octanol–water partition coefficient (Wildman–Crippen LogP) is 1.69. The maximum Gasteiger partial charge on any atom is 0.168 e. The van der Waals surface area contributed by atoms with Gasteiger partial charge in [-0.1, -0.05) is 6.92 Å². The molecule has 2 aliphatic heterocycles. The van der Waals surface area contributed by atoms with E-state index in [1.165, 1.54) is 6.42 Å². The van der Waals surface area contributed by atoms with Crippen molar-refractivity contribution < 1.29 is 14.6 Å². The molecule has 0 aromatic rings. The molecule has 0 bridgehead atoms. The molecule has 3 heteroatoms. The van der Waals surface area contributed by atoms with E-state index < -0.39 is 0 Å².